The van der Waals surface area contributed by atoms with E-state index in [1.165, 1.54) is 6.21 Å². The normalized spacial score (nSPS) is 11.1. The number of benzene rings is 3. The summed E-state index contributed by atoms with van der Waals surface area (Å²) in [6.07, 6.45) is 1.29. The van der Waals surface area contributed by atoms with E-state index in [4.69, 9.17) is 26.3 Å². The van der Waals surface area contributed by atoms with Crippen molar-refractivity contribution in [1.82, 2.24) is 0 Å². The predicted octanol–water partition coefficient (Wildman–Crippen LogP) is 5.28. The molecular formula is C20H18ClNO3. The topological polar surface area (TPSA) is 51.0 Å². The van der Waals surface area contributed by atoms with Crippen LogP contribution in [-0.4, -0.2) is 18.0 Å². The van der Waals surface area contributed by atoms with Gasteiger partial charge in [-0.15, -0.1) is 0 Å². The van der Waals surface area contributed by atoms with Gasteiger partial charge < -0.3 is 14.7 Å². The molecule has 0 atom stereocenters. The Bertz CT molecular complexity index is 903. The first kappa shape index (κ1) is 17.1. The van der Waals surface area contributed by atoms with Crippen LogP contribution in [0, 0.1) is 0 Å². The van der Waals surface area contributed by atoms with Crippen molar-refractivity contribution in [2.75, 3.05) is 6.61 Å². The third-order valence-electron chi connectivity index (χ3n) is 3.79. The Morgan fingerprint density at radius 1 is 1.08 bits per heavy atom. The fourth-order valence-corrected chi connectivity index (χ4v) is 2.97. The van der Waals surface area contributed by atoms with E-state index in [1.54, 1.807) is 12.1 Å². The molecule has 0 spiro atoms. The summed E-state index contributed by atoms with van der Waals surface area (Å²) >= 11 is 6.34. The van der Waals surface area contributed by atoms with Gasteiger partial charge in [-0.05, 0) is 35.4 Å². The molecule has 0 amide bonds. The minimum atomic E-state index is 0.370. The van der Waals surface area contributed by atoms with Crippen LogP contribution >= 0.6 is 11.6 Å². The maximum absolute atomic E-state index is 8.71. The van der Waals surface area contributed by atoms with E-state index in [1.807, 2.05) is 31.2 Å². The molecule has 0 saturated heterocycles. The fourth-order valence-electron chi connectivity index (χ4n) is 2.70. The quantitative estimate of drug-likeness (QED) is 0.372. The van der Waals surface area contributed by atoms with Crippen LogP contribution in [0.1, 0.15) is 18.1 Å². The summed E-state index contributed by atoms with van der Waals surface area (Å²) in [6, 6.07) is 17.7. The highest BCUT2D eigenvalue weighted by Crippen LogP contribution is 2.37. The van der Waals surface area contributed by atoms with Gasteiger partial charge in [-0.25, -0.2) is 0 Å². The molecule has 0 heterocycles. The van der Waals surface area contributed by atoms with Crippen LogP contribution in [0.25, 0.3) is 10.8 Å². The molecule has 0 aliphatic carbocycles. The van der Waals surface area contributed by atoms with E-state index < -0.39 is 0 Å². The zero-order valence-electron chi connectivity index (χ0n) is 13.8. The van der Waals surface area contributed by atoms with Crippen molar-refractivity contribution in [3.63, 3.8) is 0 Å². The molecule has 1 N–H and O–H groups in total. The SMILES string of the molecule is CCOc1cc(C=NO)cc(Cl)c1OCc1cccc2ccccc12. The van der Waals surface area contributed by atoms with Crippen LogP contribution in [0.5, 0.6) is 11.5 Å². The van der Waals surface area contributed by atoms with Gasteiger partial charge in [0.25, 0.3) is 0 Å². The van der Waals surface area contributed by atoms with Crippen molar-refractivity contribution >= 4 is 28.6 Å². The van der Waals surface area contributed by atoms with Crippen LogP contribution in [0.15, 0.2) is 59.8 Å². The summed E-state index contributed by atoms with van der Waals surface area (Å²) in [5.41, 5.74) is 1.70. The summed E-state index contributed by atoms with van der Waals surface area (Å²) < 4.78 is 11.6. The largest absolute Gasteiger partial charge is 0.490 e. The van der Waals surface area contributed by atoms with E-state index >= 15 is 0 Å². The second-order valence-electron chi connectivity index (χ2n) is 5.43. The Kier molecular flexibility index (Phi) is 5.41. The first-order chi connectivity index (χ1) is 12.2. The number of rotatable bonds is 6. The van der Waals surface area contributed by atoms with Gasteiger partial charge in [0.1, 0.15) is 6.61 Å². The Morgan fingerprint density at radius 2 is 1.88 bits per heavy atom. The summed E-state index contributed by atoms with van der Waals surface area (Å²) in [7, 11) is 0. The van der Waals surface area contributed by atoms with Crippen molar-refractivity contribution < 1.29 is 14.7 Å². The van der Waals surface area contributed by atoms with Crippen LogP contribution in [0.3, 0.4) is 0 Å². The highest BCUT2D eigenvalue weighted by atomic mass is 35.5. The van der Waals surface area contributed by atoms with Crippen molar-refractivity contribution in [2.45, 2.75) is 13.5 Å². The van der Waals surface area contributed by atoms with Gasteiger partial charge in [0.2, 0.25) is 0 Å². The first-order valence-electron chi connectivity index (χ1n) is 7.96. The van der Waals surface area contributed by atoms with E-state index in [0.29, 0.717) is 35.3 Å². The monoisotopic (exact) mass is 355 g/mol. The molecule has 5 heteroatoms. The molecule has 3 rings (SSSR count). The molecule has 25 heavy (non-hydrogen) atoms. The zero-order chi connectivity index (χ0) is 17.6. The maximum atomic E-state index is 8.71. The number of hydrogen-bond acceptors (Lipinski definition) is 4. The molecule has 0 aromatic heterocycles. The molecule has 0 fully saturated rings. The Labute approximate surface area is 151 Å². The summed E-state index contributed by atoms with van der Waals surface area (Å²) in [4.78, 5) is 0. The second-order valence-corrected chi connectivity index (χ2v) is 5.84. The predicted molar refractivity (Wildman–Crippen MR) is 100 cm³/mol. The third kappa shape index (κ3) is 3.86. The van der Waals surface area contributed by atoms with Crippen LogP contribution in [0.2, 0.25) is 5.02 Å². The minimum Gasteiger partial charge on any atom is -0.490 e. The second kappa shape index (κ2) is 7.90. The highest BCUT2D eigenvalue weighted by molar-refractivity contribution is 6.32. The molecule has 3 aromatic rings. The number of nitrogens with zero attached hydrogens (tertiary/aromatic N) is 1. The number of halogens is 1. The van der Waals surface area contributed by atoms with Crippen molar-refractivity contribution in [3.8, 4) is 11.5 Å². The minimum absolute atomic E-state index is 0.370. The van der Waals surface area contributed by atoms with E-state index in [-0.39, 0.29) is 0 Å². The molecule has 128 valence electrons. The molecule has 4 nitrogen and oxygen atoms in total. The lowest BCUT2D eigenvalue weighted by Crippen LogP contribution is -2.02. The first-order valence-corrected chi connectivity index (χ1v) is 8.34. The average molecular weight is 356 g/mol. The van der Waals surface area contributed by atoms with Crippen molar-refractivity contribution in [2.24, 2.45) is 5.16 Å². The Balaban J connectivity index is 1.91. The standard InChI is InChI=1S/C20H18ClNO3/c1-2-24-19-11-14(12-22-23)10-18(21)20(19)25-13-16-8-5-7-15-6-3-4-9-17(15)16/h3-12,23H,2,13H2,1H3. The van der Waals surface area contributed by atoms with Gasteiger partial charge in [0.05, 0.1) is 17.8 Å². The molecule has 0 saturated carbocycles. The number of fused-ring (bicyclic) bond motifs is 1. The van der Waals surface area contributed by atoms with Gasteiger partial charge in [-0.2, -0.15) is 0 Å². The fraction of sp³-hybridized carbons (Fsp3) is 0.150. The van der Waals surface area contributed by atoms with Crippen LogP contribution in [0.4, 0.5) is 0 Å². The molecule has 0 aliphatic rings. The average Bonchev–Trinajstić information content (AvgIpc) is 2.61. The van der Waals surface area contributed by atoms with Crippen molar-refractivity contribution in [3.05, 3.63) is 70.7 Å². The molecule has 0 unspecified atom stereocenters. The lowest BCUT2D eigenvalue weighted by atomic mass is 10.1. The van der Waals surface area contributed by atoms with Crippen LogP contribution < -0.4 is 9.47 Å². The maximum Gasteiger partial charge on any atom is 0.180 e. The third-order valence-corrected chi connectivity index (χ3v) is 4.07. The lowest BCUT2D eigenvalue weighted by Gasteiger charge is -2.15. The van der Waals surface area contributed by atoms with E-state index in [9.17, 15) is 0 Å². The lowest BCUT2D eigenvalue weighted by molar-refractivity contribution is 0.270. The van der Waals surface area contributed by atoms with Gasteiger partial charge in [0, 0.05) is 5.56 Å². The van der Waals surface area contributed by atoms with E-state index in [2.05, 4.69) is 23.4 Å². The van der Waals surface area contributed by atoms with Crippen molar-refractivity contribution in [1.29, 1.82) is 0 Å². The molecular weight excluding hydrogens is 338 g/mol. The highest BCUT2D eigenvalue weighted by Gasteiger charge is 2.13. The molecule has 0 radical (unpaired) electrons. The molecule has 0 aliphatic heterocycles. The molecule has 0 bridgehead atoms. The Hall–Kier alpha value is -2.72. The Morgan fingerprint density at radius 3 is 2.68 bits per heavy atom. The summed E-state index contributed by atoms with van der Waals surface area (Å²) in [6.45, 7) is 2.73. The zero-order valence-corrected chi connectivity index (χ0v) is 14.5. The van der Waals surface area contributed by atoms with Gasteiger partial charge >= 0.3 is 0 Å². The van der Waals surface area contributed by atoms with Gasteiger partial charge in [-0.1, -0.05) is 59.2 Å². The molecule has 3 aromatic carbocycles. The summed E-state index contributed by atoms with van der Waals surface area (Å²) in [5, 5.41) is 14.4. The summed E-state index contributed by atoms with van der Waals surface area (Å²) in [5.74, 6) is 0.997. The van der Waals surface area contributed by atoms with Gasteiger partial charge in [0.15, 0.2) is 11.5 Å². The van der Waals surface area contributed by atoms with E-state index in [0.717, 1.165) is 16.3 Å². The number of hydrogen-bond donors (Lipinski definition) is 1. The smallest absolute Gasteiger partial charge is 0.180 e. The number of oxime groups is 1. The number of ether oxygens (including phenoxy) is 2. The van der Waals surface area contributed by atoms with Crippen LogP contribution in [-0.2, 0) is 6.61 Å². The van der Waals surface area contributed by atoms with Gasteiger partial charge in [-0.3, -0.25) is 0 Å².